The minimum absolute atomic E-state index is 0.228. The van der Waals surface area contributed by atoms with Crippen LogP contribution in [0.1, 0.15) is 12.5 Å². The number of benzene rings is 1. The molecule has 0 atom stereocenters. The topological polar surface area (TPSA) is 84.7 Å². The molecule has 2 amide bonds. The van der Waals surface area contributed by atoms with Crippen LogP contribution in [-0.4, -0.2) is 32.1 Å². The number of rotatable bonds is 6. The Morgan fingerprint density at radius 2 is 1.86 bits per heavy atom. The minimum Gasteiger partial charge on any atom is -0.336 e. The van der Waals surface area contributed by atoms with Crippen LogP contribution in [0.15, 0.2) is 67.1 Å². The monoisotopic (exact) mass is 386 g/mol. The number of carbonyl (C=O) groups excluding carboxylic acids is 1. The summed E-state index contributed by atoms with van der Waals surface area (Å²) in [6.45, 7) is 3.06. The van der Waals surface area contributed by atoms with Gasteiger partial charge in [0.2, 0.25) is 0 Å². The van der Waals surface area contributed by atoms with Gasteiger partial charge in [0.05, 0.1) is 0 Å². The zero-order valence-corrected chi connectivity index (χ0v) is 16.2. The van der Waals surface area contributed by atoms with Gasteiger partial charge < -0.3 is 15.2 Å². The van der Waals surface area contributed by atoms with Crippen molar-refractivity contribution in [3.63, 3.8) is 0 Å². The number of nitrogens with one attached hydrogen (secondary N) is 2. The van der Waals surface area contributed by atoms with Crippen LogP contribution in [-0.2, 0) is 13.0 Å². The molecule has 146 valence electrons. The molecule has 0 radical (unpaired) electrons. The van der Waals surface area contributed by atoms with Crippen molar-refractivity contribution in [3.05, 3.63) is 72.7 Å². The fraction of sp³-hybridized carbons (Fsp3) is 0.182. The zero-order chi connectivity index (χ0) is 20.1. The van der Waals surface area contributed by atoms with Gasteiger partial charge >= 0.3 is 6.03 Å². The summed E-state index contributed by atoms with van der Waals surface area (Å²) in [5.74, 6) is 0.805. The van der Waals surface area contributed by atoms with Crippen molar-refractivity contribution in [3.8, 4) is 11.4 Å². The summed E-state index contributed by atoms with van der Waals surface area (Å²) in [5.41, 5.74) is 4.50. The molecule has 7 heteroatoms. The summed E-state index contributed by atoms with van der Waals surface area (Å²) in [6, 6.07) is 15.2. The number of carbonyl (C=O) groups is 1. The molecule has 4 rings (SSSR count). The molecule has 3 heterocycles. The summed E-state index contributed by atoms with van der Waals surface area (Å²) in [7, 11) is 0. The highest BCUT2D eigenvalue weighted by atomic mass is 16.2. The second-order valence-electron chi connectivity index (χ2n) is 6.56. The second kappa shape index (κ2) is 8.52. The van der Waals surface area contributed by atoms with Crippen LogP contribution in [0.4, 0.5) is 10.5 Å². The van der Waals surface area contributed by atoms with Crippen LogP contribution in [0.25, 0.3) is 22.6 Å². The molecule has 0 aliphatic rings. The lowest BCUT2D eigenvalue weighted by atomic mass is 10.1. The van der Waals surface area contributed by atoms with Crippen LogP contribution in [0.3, 0.4) is 0 Å². The van der Waals surface area contributed by atoms with Crippen molar-refractivity contribution in [1.29, 1.82) is 0 Å². The second-order valence-corrected chi connectivity index (χ2v) is 6.56. The molecule has 4 aromatic rings. The van der Waals surface area contributed by atoms with E-state index in [2.05, 4.69) is 27.5 Å². The van der Waals surface area contributed by atoms with Crippen molar-refractivity contribution in [1.82, 2.24) is 24.8 Å². The van der Waals surface area contributed by atoms with Gasteiger partial charge in [0, 0.05) is 42.9 Å². The molecule has 7 nitrogen and oxygen atoms in total. The van der Waals surface area contributed by atoms with E-state index < -0.39 is 0 Å². The molecule has 0 fully saturated rings. The number of aromatic nitrogens is 4. The predicted molar refractivity (Wildman–Crippen MR) is 114 cm³/mol. The molecule has 0 spiro atoms. The number of aryl methyl sites for hydroxylation is 1. The Morgan fingerprint density at radius 3 is 2.69 bits per heavy atom. The third-order valence-electron chi connectivity index (χ3n) is 4.71. The number of amides is 2. The number of hydrogen-bond acceptors (Lipinski definition) is 4. The average molecular weight is 386 g/mol. The first-order chi connectivity index (χ1) is 14.3. The van der Waals surface area contributed by atoms with Gasteiger partial charge in [-0.1, -0.05) is 25.1 Å². The number of urea groups is 1. The molecule has 29 heavy (non-hydrogen) atoms. The van der Waals surface area contributed by atoms with Gasteiger partial charge in [0.1, 0.15) is 11.3 Å². The molecular formula is C22H22N6O. The molecule has 0 bridgehead atoms. The number of imidazole rings is 1. The average Bonchev–Trinajstić information content (AvgIpc) is 3.13. The molecule has 2 N–H and O–H groups in total. The van der Waals surface area contributed by atoms with Gasteiger partial charge in [-0.05, 0) is 42.3 Å². The van der Waals surface area contributed by atoms with Crippen LogP contribution in [0.2, 0.25) is 0 Å². The number of fused-ring (bicyclic) bond motifs is 1. The van der Waals surface area contributed by atoms with Gasteiger partial charge in [-0.3, -0.25) is 4.98 Å². The lowest BCUT2D eigenvalue weighted by Crippen LogP contribution is -2.32. The van der Waals surface area contributed by atoms with E-state index >= 15 is 0 Å². The Hall–Kier alpha value is -3.74. The SMILES string of the molecule is CCc1ccccc1NC(=O)NCCn1c(-c2ccncc2)nc2cccnc21. The van der Waals surface area contributed by atoms with Gasteiger partial charge in [0.25, 0.3) is 0 Å². The highest BCUT2D eigenvalue weighted by molar-refractivity contribution is 5.90. The smallest absolute Gasteiger partial charge is 0.319 e. The van der Waals surface area contributed by atoms with Crippen molar-refractivity contribution in [2.24, 2.45) is 0 Å². The number of nitrogens with zero attached hydrogens (tertiary/aromatic N) is 4. The van der Waals surface area contributed by atoms with Crippen molar-refractivity contribution in [2.75, 3.05) is 11.9 Å². The molecule has 0 saturated carbocycles. The van der Waals surface area contributed by atoms with E-state index in [1.165, 1.54) is 0 Å². The van der Waals surface area contributed by atoms with Gasteiger partial charge in [-0.2, -0.15) is 0 Å². The first-order valence-electron chi connectivity index (χ1n) is 9.60. The number of hydrogen-bond donors (Lipinski definition) is 2. The first-order valence-corrected chi connectivity index (χ1v) is 9.60. The Kier molecular flexibility index (Phi) is 5.47. The summed E-state index contributed by atoms with van der Waals surface area (Å²) in [6.07, 6.45) is 6.09. The Morgan fingerprint density at radius 1 is 1.03 bits per heavy atom. The lowest BCUT2D eigenvalue weighted by molar-refractivity contribution is 0.251. The van der Waals surface area contributed by atoms with Crippen molar-refractivity contribution < 1.29 is 4.79 Å². The van der Waals surface area contributed by atoms with Crippen LogP contribution in [0.5, 0.6) is 0 Å². The standard InChI is InChI=1S/C22H22N6O/c1-2-16-6-3-4-7-18(16)27-22(29)25-14-15-28-20(17-9-12-23-13-10-17)26-19-8-5-11-24-21(19)28/h3-13H,2,14-15H2,1H3,(H2,25,27,29). The van der Waals surface area contributed by atoms with Crippen LogP contribution in [0, 0.1) is 0 Å². The van der Waals surface area contributed by atoms with Crippen LogP contribution >= 0.6 is 0 Å². The maximum atomic E-state index is 12.4. The fourth-order valence-electron chi connectivity index (χ4n) is 3.29. The third-order valence-corrected chi connectivity index (χ3v) is 4.71. The summed E-state index contributed by atoms with van der Waals surface area (Å²) >= 11 is 0. The van der Waals surface area contributed by atoms with Crippen molar-refractivity contribution >= 4 is 22.9 Å². The van der Waals surface area contributed by atoms with Gasteiger partial charge in [0.15, 0.2) is 5.65 Å². The summed E-state index contributed by atoms with van der Waals surface area (Å²) in [4.78, 5) is 25.6. The molecule has 0 aliphatic carbocycles. The van der Waals surface area contributed by atoms with E-state index in [9.17, 15) is 4.79 Å². The Labute approximate surface area is 168 Å². The quantitative estimate of drug-likeness (QED) is 0.527. The maximum Gasteiger partial charge on any atom is 0.319 e. The highest BCUT2D eigenvalue weighted by Gasteiger charge is 2.13. The Balaban J connectivity index is 1.49. The number of para-hydroxylation sites is 1. The van der Waals surface area contributed by atoms with Crippen molar-refractivity contribution in [2.45, 2.75) is 19.9 Å². The lowest BCUT2D eigenvalue weighted by Gasteiger charge is -2.12. The molecule has 0 aliphatic heterocycles. The van der Waals surface area contributed by atoms with Gasteiger partial charge in [-0.15, -0.1) is 0 Å². The zero-order valence-electron chi connectivity index (χ0n) is 16.2. The first kappa shape index (κ1) is 18.6. The van der Waals surface area contributed by atoms with Gasteiger partial charge in [-0.25, -0.2) is 14.8 Å². The molecule has 0 saturated heterocycles. The van der Waals surface area contributed by atoms with E-state index in [0.717, 1.165) is 40.2 Å². The normalized spacial score (nSPS) is 10.8. The number of anilines is 1. The van der Waals surface area contributed by atoms with E-state index in [1.807, 2.05) is 53.1 Å². The minimum atomic E-state index is -0.228. The Bertz CT molecular complexity index is 1120. The molecule has 1 aromatic carbocycles. The van der Waals surface area contributed by atoms with E-state index in [-0.39, 0.29) is 6.03 Å². The van der Waals surface area contributed by atoms with E-state index in [4.69, 9.17) is 4.98 Å². The largest absolute Gasteiger partial charge is 0.336 e. The summed E-state index contributed by atoms with van der Waals surface area (Å²) in [5, 5.41) is 5.85. The molecule has 0 unspecified atom stereocenters. The van der Waals surface area contributed by atoms with E-state index in [0.29, 0.717) is 13.1 Å². The number of pyridine rings is 2. The predicted octanol–water partition coefficient (Wildman–Crippen LogP) is 3.88. The summed E-state index contributed by atoms with van der Waals surface area (Å²) < 4.78 is 2.02. The maximum absolute atomic E-state index is 12.4. The molecule has 3 aromatic heterocycles. The van der Waals surface area contributed by atoms with Crippen LogP contribution < -0.4 is 10.6 Å². The fourth-order valence-corrected chi connectivity index (χ4v) is 3.29. The molecular weight excluding hydrogens is 364 g/mol. The highest BCUT2D eigenvalue weighted by Crippen LogP contribution is 2.22. The van der Waals surface area contributed by atoms with E-state index in [1.54, 1.807) is 18.6 Å². The third kappa shape index (κ3) is 4.08.